The van der Waals surface area contributed by atoms with Gasteiger partial charge >= 0.3 is 0 Å². The quantitative estimate of drug-likeness (QED) is 0.517. The minimum Gasteiger partial charge on any atom is -0.412 e. The molecular formula is C16H19Cl4N5O. The van der Waals surface area contributed by atoms with E-state index in [1.807, 2.05) is 28.8 Å². The maximum absolute atomic E-state index is 6.04. The van der Waals surface area contributed by atoms with Crippen molar-refractivity contribution >= 4 is 77.6 Å². The molecule has 0 saturated carbocycles. The molecule has 3 heterocycles. The van der Waals surface area contributed by atoms with E-state index < -0.39 is 0 Å². The minimum absolute atomic E-state index is 0. The number of nitrogens with zero attached hydrogens (tertiary/aromatic N) is 4. The van der Waals surface area contributed by atoms with Crippen molar-refractivity contribution in [1.82, 2.24) is 19.5 Å². The van der Waals surface area contributed by atoms with Crippen LogP contribution in [0.25, 0.3) is 22.1 Å². The summed E-state index contributed by atoms with van der Waals surface area (Å²) in [5.41, 5.74) is 9.72. The van der Waals surface area contributed by atoms with Gasteiger partial charge in [-0.1, -0.05) is 24.3 Å². The van der Waals surface area contributed by atoms with Gasteiger partial charge in [0.05, 0.1) is 12.1 Å². The van der Waals surface area contributed by atoms with Crippen LogP contribution in [0.15, 0.2) is 54.9 Å². The first-order valence-electron chi connectivity index (χ1n) is 6.72. The number of halogens is 4. The van der Waals surface area contributed by atoms with Crippen LogP contribution < -0.4 is 5.73 Å². The van der Waals surface area contributed by atoms with E-state index in [1.165, 1.54) is 0 Å². The van der Waals surface area contributed by atoms with E-state index in [2.05, 4.69) is 33.2 Å². The largest absolute Gasteiger partial charge is 0.412 e. The Morgan fingerprint density at radius 1 is 0.846 bits per heavy atom. The molecule has 0 aliphatic heterocycles. The number of nitrogens with two attached hydrogens (primary N) is 1. The summed E-state index contributed by atoms with van der Waals surface area (Å²) in [7, 11) is 0. The van der Waals surface area contributed by atoms with Crippen molar-refractivity contribution in [3.8, 4) is 0 Å². The minimum atomic E-state index is 0. The van der Waals surface area contributed by atoms with Crippen LogP contribution in [0, 0.1) is 0 Å². The third-order valence-corrected chi connectivity index (χ3v) is 3.58. The van der Waals surface area contributed by atoms with E-state index in [4.69, 9.17) is 5.73 Å². The number of hydrogen-bond donors (Lipinski definition) is 1. The first kappa shape index (κ1) is 26.4. The highest BCUT2D eigenvalue weighted by Gasteiger charge is 2.11. The number of pyridine rings is 2. The Balaban J connectivity index is 0. The molecular weight excluding hydrogens is 420 g/mol. The Morgan fingerprint density at radius 3 is 2.27 bits per heavy atom. The van der Waals surface area contributed by atoms with Gasteiger partial charge in [-0.15, -0.1) is 49.6 Å². The molecule has 0 bridgehead atoms. The van der Waals surface area contributed by atoms with E-state index in [1.54, 1.807) is 12.4 Å². The maximum Gasteiger partial charge on any atom is 0.202 e. The second-order valence-corrected chi connectivity index (χ2v) is 4.89. The average Bonchev–Trinajstić information content (AvgIpc) is 2.84. The van der Waals surface area contributed by atoms with E-state index in [0.717, 1.165) is 27.6 Å². The summed E-state index contributed by atoms with van der Waals surface area (Å²) < 4.78 is 1.92. The number of para-hydroxylation sites is 1. The van der Waals surface area contributed by atoms with Crippen LogP contribution >= 0.6 is 49.6 Å². The molecule has 0 amide bonds. The van der Waals surface area contributed by atoms with Gasteiger partial charge in [0.2, 0.25) is 5.95 Å². The number of anilines is 1. The Bertz CT molecular complexity index is 958. The molecule has 0 saturated heterocycles. The Labute approximate surface area is 175 Å². The van der Waals surface area contributed by atoms with Crippen molar-refractivity contribution in [2.45, 2.75) is 6.54 Å². The molecule has 10 heteroatoms. The molecule has 6 nitrogen and oxygen atoms in total. The van der Waals surface area contributed by atoms with Gasteiger partial charge in [-0.2, -0.15) is 0 Å². The average molecular weight is 439 g/mol. The summed E-state index contributed by atoms with van der Waals surface area (Å²) in [6.07, 6.45) is 3.56. The highest BCUT2D eigenvalue weighted by atomic mass is 35.5. The first-order valence-corrected chi connectivity index (χ1v) is 6.72. The Morgan fingerprint density at radius 2 is 1.50 bits per heavy atom. The lowest BCUT2D eigenvalue weighted by molar-refractivity contribution is 0.824. The van der Waals surface area contributed by atoms with Gasteiger partial charge in [-0.3, -0.25) is 9.55 Å². The van der Waals surface area contributed by atoms with Crippen LogP contribution in [0.4, 0.5) is 5.95 Å². The zero-order chi connectivity index (χ0) is 14.2. The number of hydrogen-bond acceptors (Lipinski definition) is 4. The van der Waals surface area contributed by atoms with Gasteiger partial charge in [-0.05, 0) is 23.8 Å². The summed E-state index contributed by atoms with van der Waals surface area (Å²) in [6, 6.07) is 13.9. The number of imidazole rings is 1. The molecule has 26 heavy (non-hydrogen) atoms. The van der Waals surface area contributed by atoms with Crippen molar-refractivity contribution in [2.75, 3.05) is 5.73 Å². The fourth-order valence-corrected chi connectivity index (χ4v) is 2.60. The van der Waals surface area contributed by atoms with Gasteiger partial charge in [-0.25, -0.2) is 9.97 Å². The molecule has 0 atom stereocenters. The molecule has 4 N–H and O–H groups in total. The molecule has 142 valence electrons. The second kappa shape index (κ2) is 11.0. The van der Waals surface area contributed by atoms with Crippen molar-refractivity contribution in [1.29, 1.82) is 0 Å². The maximum atomic E-state index is 6.04. The van der Waals surface area contributed by atoms with Crippen molar-refractivity contribution in [3.63, 3.8) is 0 Å². The number of fused-ring (bicyclic) bond motifs is 2. The highest BCUT2D eigenvalue weighted by molar-refractivity contribution is 5.86. The summed E-state index contributed by atoms with van der Waals surface area (Å²) in [5.74, 6) is 0.469. The molecule has 0 aliphatic carbocycles. The third-order valence-electron chi connectivity index (χ3n) is 3.58. The standard InChI is InChI=1S/C16H13N5.4ClH.H2O/c17-16-20-13-7-3-9-19-15(13)21(16)10-12-5-1-4-11-6-2-8-18-14(11)12;;;;;/h1-9H,10H2,(H2,17,20);4*1H;1H2. The van der Waals surface area contributed by atoms with Gasteiger partial charge < -0.3 is 11.2 Å². The lowest BCUT2D eigenvalue weighted by atomic mass is 10.1. The van der Waals surface area contributed by atoms with Gasteiger partial charge in [0, 0.05) is 17.8 Å². The molecule has 0 unspecified atom stereocenters. The van der Waals surface area contributed by atoms with Crippen molar-refractivity contribution in [2.24, 2.45) is 0 Å². The van der Waals surface area contributed by atoms with Crippen molar-refractivity contribution < 1.29 is 5.48 Å². The van der Waals surface area contributed by atoms with E-state index >= 15 is 0 Å². The summed E-state index contributed by atoms with van der Waals surface area (Å²) in [5, 5.41) is 1.12. The molecule has 4 aromatic rings. The lowest BCUT2D eigenvalue weighted by Gasteiger charge is -2.08. The summed E-state index contributed by atoms with van der Waals surface area (Å²) in [4.78, 5) is 13.2. The predicted octanol–water partition coefficient (Wildman–Crippen LogP) is 3.47. The SMILES string of the molecule is Cl.Cl.Cl.Cl.Nc1nc2cccnc2n1Cc1cccc2cccnc12.O. The Hall–Kier alpha value is -1.83. The van der Waals surface area contributed by atoms with E-state index in [9.17, 15) is 0 Å². The van der Waals surface area contributed by atoms with Crippen LogP contribution in [0.3, 0.4) is 0 Å². The van der Waals surface area contributed by atoms with Gasteiger partial charge in [0.1, 0.15) is 5.52 Å². The zero-order valence-corrected chi connectivity index (χ0v) is 16.7. The highest BCUT2D eigenvalue weighted by Crippen LogP contribution is 2.21. The molecule has 0 fully saturated rings. The second-order valence-electron chi connectivity index (χ2n) is 4.89. The van der Waals surface area contributed by atoms with Crippen LogP contribution in [-0.2, 0) is 6.54 Å². The molecule has 0 aliphatic rings. The fraction of sp³-hybridized carbons (Fsp3) is 0.0625. The Kier molecular flexibility index (Phi) is 11.2. The monoisotopic (exact) mass is 437 g/mol. The zero-order valence-electron chi connectivity index (χ0n) is 13.4. The lowest BCUT2D eigenvalue weighted by Crippen LogP contribution is -2.06. The molecule has 0 radical (unpaired) electrons. The number of nitrogen functional groups attached to an aromatic ring is 1. The first-order chi connectivity index (χ1) is 10.3. The number of benzene rings is 1. The van der Waals surface area contributed by atoms with E-state index in [0.29, 0.717) is 12.5 Å². The molecule has 0 spiro atoms. The fourth-order valence-electron chi connectivity index (χ4n) is 2.60. The smallest absolute Gasteiger partial charge is 0.202 e. The summed E-state index contributed by atoms with van der Waals surface area (Å²) >= 11 is 0. The van der Waals surface area contributed by atoms with Crippen molar-refractivity contribution in [3.05, 3.63) is 60.4 Å². The topological polar surface area (TPSA) is 101 Å². The van der Waals surface area contributed by atoms with Gasteiger partial charge in [0.25, 0.3) is 0 Å². The molecule has 1 aromatic carbocycles. The van der Waals surface area contributed by atoms with Crippen LogP contribution in [-0.4, -0.2) is 25.0 Å². The van der Waals surface area contributed by atoms with Gasteiger partial charge in [0.15, 0.2) is 5.65 Å². The van der Waals surface area contributed by atoms with Crippen LogP contribution in [0.5, 0.6) is 0 Å². The number of aromatic nitrogens is 4. The normalized spacial score (nSPS) is 9.08. The molecule has 3 aromatic heterocycles. The third kappa shape index (κ3) is 4.66. The predicted molar refractivity (Wildman–Crippen MR) is 115 cm³/mol. The van der Waals surface area contributed by atoms with E-state index in [-0.39, 0.29) is 55.1 Å². The number of rotatable bonds is 2. The van der Waals surface area contributed by atoms with Crippen LogP contribution in [0.2, 0.25) is 0 Å². The van der Waals surface area contributed by atoms with Crippen LogP contribution in [0.1, 0.15) is 5.56 Å². The molecule has 4 rings (SSSR count). The summed E-state index contributed by atoms with van der Waals surface area (Å²) in [6.45, 7) is 0.605.